The lowest BCUT2D eigenvalue weighted by Crippen LogP contribution is -2.28. The minimum Gasteiger partial charge on any atom is -0.309 e. The van der Waals surface area contributed by atoms with Gasteiger partial charge in [-0.3, -0.25) is 0 Å². The Morgan fingerprint density at radius 3 is 1.21 bits per heavy atom. The molecule has 0 saturated heterocycles. The predicted octanol–water partition coefficient (Wildman–Crippen LogP) is 19.9. The molecule has 0 amide bonds. The highest BCUT2D eigenvalue weighted by Gasteiger charge is 2.46. The maximum atomic E-state index is 2.53. The molecule has 0 bridgehead atoms. The summed E-state index contributed by atoms with van der Waals surface area (Å²) in [6.45, 7) is 0. The van der Waals surface area contributed by atoms with Gasteiger partial charge in [-0.1, -0.05) is 231 Å². The molecule has 0 atom stereocenters. The first-order chi connectivity index (χ1) is 37.7. The van der Waals surface area contributed by atoms with Crippen LogP contribution >= 0.6 is 0 Å². The Bertz CT molecular complexity index is 4640. The molecule has 0 saturated carbocycles. The molecule has 352 valence electrons. The second kappa shape index (κ2) is 16.6. The van der Waals surface area contributed by atoms with Gasteiger partial charge in [-0.25, -0.2) is 0 Å². The van der Waals surface area contributed by atoms with Gasteiger partial charge in [-0.15, -0.1) is 0 Å². The summed E-state index contributed by atoms with van der Waals surface area (Å²) in [5.74, 6) is 0. The molecule has 0 spiro atoms. The molecule has 76 heavy (non-hydrogen) atoms. The molecule has 1 nitrogen and oxygen atoms in total. The average Bonchev–Trinajstić information content (AvgIpc) is 4.06. The number of hydrogen-bond donors (Lipinski definition) is 0. The van der Waals surface area contributed by atoms with Gasteiger partial charge in [0.25, 0.3) is 0 Å². The van der Waals surface area contributed by atoms with Crippen LogP contribution in [-0.4, -0.2) is 4.57 Å². The fraction of sp³-hybridized carbons (Fsp3) is 0.0133. The predicted molar refractivity (Wildman–Crippen MR) is 322 cm³/mol. The Morgan fingerprint density at radius 2 is 0.645 bits per heavy atom. The van der Waals surface area contributed by atoms with E-state index in [0.717, 1.165) is 5.69 Å². The SMILES string of the molecule is c1ccc(C2(c3ccccc3)c3cc(-c4cccc5ccccc45)ccc3-c3ccc(-n4c5ccc(-c6cc7ccccc7c7ccccc67)cc5c5cc(-c6cc7ccccc7c7ccccc67)ccc54)cc32)cc1. The zero-order valence-corrected chi connectivity index (χ0v) is 41.6. The Hall–Kier alpha value is -9.82. The van der Waals surface area contributed by atoms with Crippen molar-refractivity contribution in [3.63, 3.8) is 0 Å². The Kier molecular flexibility index (Phi) is 9.32. The first-order valence-electron chi connectivity index (χ1n) is 26.5. The van der Waals surface area contributed by atoms with Crippen molar-refractivity contribution >= 4 is 75.7 Å². The van der Waals surface area contributed by atoms with Gasteiger partial charge in [-0.05, 0) is 175 Å². The lowest BCUT2D eigenvalue weighted by atomic mass is 9.67. The molecular weight excluding hydrogens is 915 g/mol. The maximum absolute atomic E-state index is 2.53. The fourth-order valence-electron chi connectivity index (χ4n) is 13.5. The summed E-state index contributed by atoms with van der Waals surface area (Å²) in [6.07, 6.45) is 0. The lowest BCUT2D eigenvalue weighted by molar-refractivity contribution is 0.768. The first-order valence-corrected chi connectivity index (χ1v) is 26.5. The van der Waals surface area contributed by atoms with Crippen molar-refractivity contribution in [2.45, 2.75) is 5.41 Å². The van der Waals surface area contributed by atoms with Gasteiger partial charge in [0.1, 0.15) is 0 Å². The largest absolute Gasteiger partial charge is 0.309 e. The molecule has 14 aromatic carbocycles. The van der Waals surface area contributed by atoms with E-state index in [-0.39, 0.29) is 0 Å². The molecule has 1 aliphatic carbocycles. The minimum atomic E-state index is -0.614. The van der Waals surface area contributed by atoms with Crippen LogP contribution in [0.4, 0.5) is 0 Å². The van der Waals surface area contributed by atoms with Gasteiger partial charge in [0.15, 0.2) is 0 Å². The van der Waals surface area contributed by atoms with Crippen molar-refractivity contribution < 1.29 is 0 Å². The smallest absolute Gasteiger partial charge is 0.0714 e. The summed E-state index contributed by atoms with van der Waals surface area (Å²) >= 11 is 0. The third-order valence-electron chi connectivity index (χ3n) is 16.8. The molecule has 1 aliphatic rings. The molecule has 1 heterocycles. The van der Waals surface area contributed by atoms with Gasteiger partial charge in [-0.2, -0.15) is 0 Å². The Balaban J connectivity index is 0.969. The molecular formula is C75H47N. The molecule has 1 aromatic heterocycles. The fourth-order valence-corrected chi connectivity index (χ4v) is 13.5. The minimum absolute atomic E-state index is 0.614. The second-order valence-corrected chi connectivity index (χ2v) is 20.7. The number of benzene rings is 14. The van der Waals surface area contributed by atoms with E-state index in [9.17, 15) is 0 Å². The van der Waals surface area contributed by atoms with E-state index in [4.69, 9.17) is 0 Å². The molecule has 0 aliphatic heterocycles. The molecule has 16 rings (SSSR count). The van der Waals surface area contributed by atoms with E-state index in [0.29, 0.717) is 0 Å². The van der Waals surface area contributed by atoms with Crippen LogP contribution in [0.1, 0.15) is 22.3 Å². The van der Waals surface area contributed by atoms with E-state index >= 15 is 0 Å². The molecule has 0 N–H and O–H groups in total. The number of nitrogens with zero attached hydrogens (tertiary/aromatic N) is 1. The maximum Gasteiger partial charge on any atom is 0.0714 e. The summed E-state index contributed by atoms with van der Waals surface area (Å²) in [5, 5.41) is 15.0. The highest BCUT2D eigenvalue weighted by Crippen LogP contribution is 2.58. The summed E-state index contributed by atoms with van der Waals surface area (Å²) in [7, 11) is 0. The van der Waals surface area contributed by atoms with Crippen molar-refractivity contribution in [3.05, 3.63) is 307 Å². The van der Waals surface area contributed by atoms with Crippen molar-refractivity contribution in [1.29, 1.82) is 0 Å². The number of rotatable bonds is 6. The molecule has 0 fully saturated rings. The topological polar surface area (TPSA) is 4.93 Å². The van der Waals surface area contributed by atoms with Crippen LogP contribution < -0.4 is 0 Å². The Morgan fingerprint density at radius 1 is 0.224 bits per heavy atom. The number of aromatic nitrogens is 1. The Labute approximate surface area is 440 Å². The summed E-state index contributed by atoms with van der Waals surface area (Å²) in [5.41, 5.74) is 17.8. The zero-order chi connectivity index (χ0) is 49.9. The van der Waals surface area contributed by atoms with E-state index in [1.54, 1.807) is 0 Å². The summed E-state index contributed by atoms with van der Waals surface area (Å²) in [6, 6.07) is 107. The number of hydrogen-bond acceptors (Lipinski definition) is 0. The lowest BCUT2D eigenvalue weighted by Gasteiger charge is -2.34. The van der Waals surface area contributed by atoms with Crippen LogP contribution in [0.3, 0.4) is 0 Å². The zero-order valence-electron chi connectivity index (χ0n) is 41.6. The molecule has 0 radical (unpaired) electrons. The van der Waals surface area contributed by atoms with Crippen molar-refractivity contribution in [2.24, 2.45) is 0 Å². The second-order valence-electron chi connectivity index (χ2n) is 20.7. The molecule has 0 unspecified atom stereocenters. The third-order valence-corrected chi connectivity index (χ3v) is 16.8. The average molecular weight is 962 g/mol. The summed E-state index contributed by atoms with van der Waals surface area (Å²) in [4.78, 5) is 0. The monoisotopic (exact) mass is 961 g/mol. The van der Waals surface area contributed by atoms with Gasteiger partial charge < -0.3 is 4.57 Å². The van der Waals surface area contributed by atoms with Crippen LogP contribution in [0.15, 0.2) is 285 Å². The van der Waals surface area contributed by atoms with E-state index in [1.807, 2.05) is 0 Å². The van der Waals surface area contributed by atoms with Crippen LogP contribution in [0.25, 0.3) is 126 Å². The first kappa shape index (κ1) is 42.7. The quantitative estimate of drug-likeness (QED) is 0.146. The van der Waals surface area contributed by atoms with E-state index in [1.165, 1.54) is 142 Å². The standard InChI is InChI=1S/C75H47N/c1-3-22-54(23-4-1)75(55-24-5-2-6-25-55)71-46-53(58-33-17-21-48-18-7-10-26-57(48)58)34-38-65(71)66-39-37-56(47-72(66)75)76-73-40-35-51(67-42-49-19-8-11-27-59(49)61-29-13-15-31-63(61)67)44-69(73)70-45-52(36-41-74(70)76)68-43-50-20-9-12-28-60(50)62-30-14-16-32-64(62)68/h1-47H. The highest BCUT2D eigenvalue weighted by atomic mass is 15.0. The normalized spacial score (nSPS) is 12.8. The van der Waals surface area contributed by atoms with Crippen molar-refractivity contribution in [3.8, 4) is 50.2 Å². The van der Waals surface area contributed by atoms with Crippen LogP contribution in [-0.2, 0) is 5.41 Å². The molecule has 1 heteroatoms. The highest BCUT2D eigenvalue weighted by molar-refractivity contribution is 6.18. The van der Waals surface area contributed by atoms with Gasteiger partial charge in [0.2, 0.25) is 0 Å². The van der Waals surface area contributed by atoms with Gasteiger partial charge >= 0.3 is 0 Å². The summed E-state index contributed by atoms with van der Waals surface area (Å²) < 4.78 is 2.53. The van der Waals surface area contributed by atoms with Crippen LogP contribution in [0.5, 0.6) is 0 Å². The van der Waals surface area contributed by atoms with Crippen LogP contribution in [0.2, 0.25) is 0 Å². The van der Waals surface area contributed by atoms with Crippen LogP contribution in [0, 0.1) is 0 Å². The molecule has 15 aromatic rings. The van der Waals surface area contributed by atoms with E-state index in [2.05, 4.69) is 290 Å². The number of fused-ring (bicyclic) bond motifs is 13. The van der Waals surface area contributed by atoms with Gasteiger partial charge in [0.05, 0.1) is 16.4 Å². The van der Waals surface area contributed by atoms with Gasteiger partial charge in [0, 0.05) is 16.5 Å². The van der Waals surface area contributed by atoms with E-state index < -0.39 is 5.41 Å². The third kappa shape index (κ3) is 6.21. The van der Waals surface area contributed by atoms with Crippen molar-refractivity contribution in [1.82, 2.24) is 4.57 Å². The van der Waals surface area contributed by atoms with Crippen molar-refractivity contribution in [2.75, 3.05) is 0 Å².